The standard InChI is InChI=1S/C82H160O17P2/c1-8-11-12-13-14-15-16-17-18-19-20-21-22-27-30-35-44-51-58-65-81(86)98-77(69-92-79(84)63-56-49-42-34-29-26-24-23-25-28-33-40-47-54-61-74(6)9-2)71-96-100(88,89)94-67-76(83)68-95-101(90,91)97-72-78(99-82(87)66-59-52-45-36-31-32-39-46-53-60-73(4)5)70-93-80(85)64-57-50-43-38-37-41-48-55-62-75(7)10-3/h73-78,83H,8-72H2,1-7H3,(H,88,89)(H,90,91)/t74?,75?,76-,77-,78-/m1/s1. The van der Waals surface area contributed by atoms with E-state index in [1.807, 2.05) is 0 Å². The van der Waals surface area contributed by atoms with Gasteiger partial charge in [-0.15, -0.1) is 0 Å². The number of aliphatic hydroxyl groups excluding tert-OH is 1. The van der Waals surface area contributed by atoms with E-state index < -0.39 is 97.5 Å². The third kappa shape index (κ3) is 73.4. The number of aliphatic hydroxyl groups is 1. The van der Waals surface area contributed by atoms with Crippen LogP contribution in [0.2, 0.25) is 0 Å². The molecular weight excluding hydrogens is 1320 g/mol. The summed E-state index contributed by atoms with van der Waals surface area (Å²) < 4.78 is 68.8. The van der Waals surface area contributed by atoms with Crippen molar-refractivity contribution in [2.45, 2.75) is 446 Å². The highest BCUT2D eigenvalue weighted by Crippen LogP contribution is 2.45. The van der Waals surface area contributed by atoms with E-state index in [2.05, 4.69) is 48.5 Å². The molecule has 0 aliphatic heterocycles. The van der Waals surface area contributed by atoms with Gasteiger partial charge in [-0.1, -0.05) is 376 Å². The van der Waals surface area contributed by atoms with Gasteiger partial charge in [0.25, 0.3) is 0 Å². The molecule has 0 saturated heterocycles. The van der Waals surface area contributed by atoms with Crippen molar-refractivity contribution in [3.05, 3.63) is 0 Å². The summed E-state index contributed by atoms with van der Waals surface area (Å²) in [5.41, 5.74) is 0. The first-order valence-electron chi connectivity index (χ1n) is 42.4. The molecule has 0 saturated carbocycles. The number of phosphoric acid groups is 2. The highest BCUT2D eigenvalue weighted by atomic mass is 31.2. The Labute approximate surface area is 619 Å². The van der Waals surface area contributed by atoms with Gasteiger partial charge in [-0.2, -0.15) is 0 Å². The van der Waals surface area contributed by atoms with Crippen molar-refractivity contribution in [2.75, 3.05) is 39.6 Å². The minimum atomic E-state index is -4.96. The molecule has 0 aromatic carbocycles. The van der Waals surface area contributed by atoms with Gasteiger partial charge in [-0.3, -0.25) is 37.3 Å². The fourth-order valence-corrected chi connectivity index (χ4v) is 14.2. The number of carbonyl (C=O) groups is 4. The van der Waals surface area contributed by atoms with E-state index >= 15 is 0 Å². The van der Waals surface area contributed by atoms with Crippen molar-refractivity contribution < 1.29 is 80.2 Å². The molecule has 0 aromatic rings. The van der Waals surface area contributed by atoms with Crippen molar-refractivity contribution in [1.82, 2.24) is 0 Å². The van der Waals surface area contributed by atoms with Gasteiger partial charge in [0.1, 0.15) is 19.3 Å². The van der Waals surface area contributed by atoms with Crippen LogP contribution in [0, 0.1) is 17.8 Å². The molecule has 600 valence electrons. The van der Waals surface area contributed by atoms with E-state index in [-0.39, 0.29) is 25.7 Å². The minimum Gasteiger partial charge on any atom is -0.462 e. The SMILES string of the molecule is CCCCCCCCCCCCCCCCCCCCCC(=O)O[C@H](COC(=O)CCCCCCCCCCCCCCCCC(C)CC)COP(=O)(O)OC[C@@H](O)COP(=O)(O)OC[C@@H](COC(=O)CCCCCCCCCCC(C)CC)OC(=O)CCCCCCCCCCCC(C)C. The molecule has 0 rings (SSSR count). The van der Waals surface area contributed by atoms with Crippen LogP contribution in [0.15, 0.2) is 0 Å². The van der Waals surface area contributed by atoms with Crippen LogP contribution in [0.25, 0.3) is 0 Å². The molecule has 7 atom stereocenters. The smallest absolute Gasteiger partial charge is 0.462 e. The number of unbranched alkanes of at least 4 members (excludes halogenated alkanes) is 46. The van der Waals surface area contributed by atoms with Gasteiger partial charge in [0.05, 0.1) is 26.4 Å². The second-order valence-electron chi connectivity index (χ2n) is 30.5. The number of esters is 4. The summed E-state index contributed by atoms with van der Waals surface area (Å²) in [6, 6.07) is 0. The summed E-state index contributed by atoms with van der Waals surface area (Å²) in [4.78, 5) is 73.1. The Hall–Kier alpha value is -1.94. The average Bonchev–Trinajstić information content (AvgIpc) is 1.10. The van der Waals surface area contributed by atoms with Gasteiger partial charge in [0.15, 0.2) is 12.2 Å². The van der Waals surface area contributed by atoms with Gasteiger partial charge in [-0.25, -0.2) is 9.13 Å². The average molecular weight is 1480 g/mol. The Morgan fingerprint density at radius 3 is 0.752 bits per heavy atom. The maximum absolute atomic E-state index is 13.1. The van der Waals surface area contributed by atoms with Crippen LogP contribution in [-0.4, -0.2) is 96.7 Å². The van der Waals surface area contributed by atoms with E-state index in [0.717, 1.165) is 108 Å². The molecule has 4 unspecified atom stereocenters. The van der Waals surface area contributed by atoms with Crippen LogP contribution in [0.5, 0.6) is 0 Å². The quantitative estimate of drug-likeness (QED) is 0.0222. The first-order valence-corrected chi connectivity index (χ1v) is 45.4. The second-order valence-corrected chi connectivity index (χ2v) is 33.4. The molecular formula is C82H160O17P2. The van der Waals surface area contributed by atoms with Crippen LogP contribution in [0.1, 0.15) is 427 Å². The first-order chi connectivity index (χ1) is 48.8. The fourth-order valence-electron chi connectivity index (χ4n) is 12.6. The molecule has 0 aliphatic rings. The molecule has 3 N–H and O–H groups in total. The predicted octanol–water partition coefficient (Wildman–Crippen LogP) is 24.5. The zero-order valence-corrected chi connectivity index (χ0v) is 68.2. The number of phosphoric ester groups is 2. The first kappa shape index (κ1) is 99.1. The van der Waals surface area contributed by atoms with Crippen molar-refractivity contribution >= 4 is 39.5 Å². The van der Waals surface area contributed by atoms with Crippen LogP contribution < -0.4 is 0 Å². The molecule has 0 spiro atoms. The third-order valence-electron chi connectivity index (χ3n) is 19.9. The molecule has 101 heavy (non-hydrogen) atoms. The normalized spacial score (nSPS) is 14.5. The lowest BCUT2D eigenvalue weighted by Crippen LogP contribution is -2.30. The Morgan fingerprint density at radius 1 is 0.287 bits per heavy atom. The monoisotopic (exact) mass is 1480 g/mol. The maximum atomic E-state index is 13.1. The van der Waals surface area contributed by atoms with Crippen LogP contribution >= 0.6 is 15.6 Å². The van der Waals surface area contributed by atoms with Crippen molar-refractivity contribution in [2.24, 2.45) is 17.8 Å². The second kappa shape index (κ2) is 72.3. The molecule has 0 aliphatic carbocycles. The van der Waals surface area contributed by atoms with Crippen molar-refractivity contribution in [3.63, 3.8) is 0 Å². The Balaban J connectivity index is 5.25. The van der Waals surface area contributed by atoms with E-state index in [1.54, 1.807) is 0 Å². The van der Waals surface area contributed by atoms with Crippen molar-refractivity contribution in [3.8, 4) is 0 Å². The van der Waals surface area contributed by atoms with E-state index in [4.69, 9.17) is 37.0 Å². The van der Waals surface area contributed by atoms with Gasteiger partial charge >= 0.3 is 39.5 Å². The molecule has 0 bridgehead atoms. The maximum Gasteiger partial charge on any atom is 0.472 e. The van der Waals surface area contributed by atoms with Crippen molar-refractivity contribution in [1.29, 1.82) is 0 Å². The molecule has 0 amide bonds. The Morgan fingerprint density at radius 2 is 0.505 bits per heavy atom. The fraction of sp³-hybridized carbons (Fsp3) is 0.951. The summed E-state index contributed by atoms with van der Waals surface area (Å²) in [5.74, 6) is 0.253. The minimum absolute atomic E-state index is 0.105. The predicted molar refractivity (Wildman–Crippen MR) is 414 cm³/mol. The van der Waals surface area contributed by atoms with Crippen LogP contribution in [0.3, 0.4) is 0 Å². The Kier molecular flexibility index (Phi) is 70.9. The summed E-state index contributed by atoms with van der Waals surface area (Å²) in [6.45, 7) is 12.0. The molecule has 0 heterocycles. The summed E-state index contributed by atoms with van der Waals surface area (Å²) >= 11 is 0. The number of hydrogen-bond donors (Lipinski definition) is 3. The summed E-state index contributed by atoms with van der Waals surface area (Å²) in [6.07, 6.45) is 61.0. The molecule has 0 fully saturated rings. The van der Waals surface area contributed by atoms with E-state index in [0.29, 0.717) is 25.7 Å². The molecule has 17 nitrogen and oxygen atoms in total. The molecule has 0 radical (unpaired) electrons. The topological polar surface area (TPSA) is 237 Å². The lowest BCUT2D eigenvalue weighted by molar-refractivity contribution is -0.161. The Bertz CT molecular complexity index is 1960. The highest BCUT2D eigenvalue weighted by Gasteiger charge is 2.30. The number of ether oxygens (including phenoxy) is 4. The van der Waals surface area contributed by atoms with Gasteiger partial charge < -0.3 is 33.8 Å². The van der Waals surface area contributed by atoms with Gasteiger partial charge in [0.2, 0.25) is 0 Å². The lowest BCUT2D eigenvalue weighted by Gasteiger charge is -2.21. The largest absolute Gasteiger partial charge is 0.472 e. The zero-order valence-electron chi connectivity index (χ0n) is 66.4. The summed E-state index contributed by atoms with van der Waals surface area (Å²) in [7, 11) is -9.92. The zero-order chi connectivity index (χ0) is 74.4. The summed E-state index contributed by atoms with van der Waals surface area (Å²) in [5, 5.41) is 10.6. The van der Waals surface area contributed by atoms with E-state index in [9.17, 15) is 43.2 Å². The van der Waals surface area contributed by atoms with Crippen LogP contribution in [-0.2, 0) is 65.4 Å². The van der Waals surface area contributed by atoms with E-state index in [1.165, 1.54) is 238 Å². The number of rotatable bonds is 80. The number of carbonyl (C=O) groups excluding carboxylic acids is 4. The lowest BCUT2D eigenvalue weighted by atomic mass is 9.99. The van der Waals surface area contributed by atoms with Crippen LogP contribution in [0.4, 0.5) is 0 Å². The number of hydrogen-bond acceptors (Lipinski definition) is 15. The third-order valence-corrected chi connectivity index (χ3v) is 21.8. The molecule has 0 aromatic heterocycles. The van der Waals surface area contributed by atoms with Gasteiger partial charge in [-0.05, 0) is 43.4 Å². The van der Waals surface area contributed by atoms with Gasteiger partial charge in [0, 0.05) is 25.7 Å². The highest BCUT2D eigenvalue weighted by molar-refractivity contribution is 7.47. The molecule has 19 heteroatoms.